The van der Waals surface area contributed by atoms with Crippen LogP contribution in [0.4, 0.5) is 13.2 Å². The van der Waals surface area contributed by atoms with Gasteiger partial charge in [-0.25, -0.2) is 0 Å². The lowest BCUT2D eigenvalue weighted by atomic mass is 10.1. The largest absolute Gasteiger partial charge is 0.411 e. The molecule has 2 aliphatic rings. The molecule has 1 saturated carbocycles. The van der Waals surface area contributed by atoms with Crippen LogP contribution in [0.25, 0.3) is 0 Å². The van der Waals surface area contributed by atoms with Gasteiger partial charge in [-0.3, -0.25) is 4.99 Å². The second-order valence-corrected chi connectivity index (χ2v) is 3.99. The van der Waals surface area contributed by atoms with Crippen LogP contribution in [0.3, 0.4) is 0 Å². The van der Waals surface area contributed by atoms with E-state index in [0.29, 0.717) is 18.8 Å². The van der Waals surface area contributed by atoms with Crippen molar-refractivity contribution in [1.82, 2.24) is 5.32 Å². The Labute approximate surface area is 80.6 Å². The summed E-state index contributed by atoms with van der Waals surface area (Å²) in [4.78, 5) is 4.07. The lowest BCUT2D eigenvalue weighted by Crippen LogP contribution is -2.48. The molecule has 0 atom stereocenters. The van der Waals surface area contributed by atoms with Crippen LogP contribution in [-0.4, -0.2) is 24.1 Å². The Morgan fingerprint density at radius 2 is 1.93 bits per heavy atom. The third kappa shape index (κ3) is 1.72. The monoisotopic (exact) mass is 206 g/mol. The number of aliphatic imine (C=N–C) groups is 1. The van der Waals surface area contributed by atoms with Crippen LogP contribution >= 0.6 is 0 Å². The highest BCUT2D eigenvalue weighted by atomic mass is 19.4. The van der Waals surface area contributed by atoms with Crippen LogP contribution in [0, 0.1) is 0 Å². The second kappa shape index (κ2) is 3.14. The molecule has 1 aliphatic heterocycles. The molecule has 1 aliphatic carbocycles. The van der Waals surface area contributed by atoms with Gasteiger partial charge >= 0.3 is 6.18 Å². The number of hydrogen-bond acceptors (Lipinski definition) is 2. The first-order valence-corrected chi connectivity index (χ1v) is 4.92. The molecule has 0 aromatic carbocycles. The van der Waals surface area contributed by atoms with E-state index in [9.17, 15) is 13.2 Å². The second-order valence-electron chi connectivity index (χ2n) is 3.99. The van der Waals surface area contributed by atoms with Crippen molar-refractivity contribution < 1.29 is 13.2 Å². The molecule has 0 aromatic rings. The zero-order valence-electron chi connectivity index (χ0n) is 7.82. The average Bonchev–Trinajstić information content (AvgIpc) is 2.86. The molecule has 0 spiro atoms. The molecule has 0 radical (unpaired) electrons. The van der Waals surface area contributed by atoms with E-state index >= 15 is 0 Å². The van der Waals surface area contributed by atoms with Crippen molar-refractivity contribution in [3.05, 3.63) is 0 Å². The van der Waals surface area contributed by atoms with Gasteiger partial charge in [0, 0.05) is 13.0 Å². The Morgan fingerprint density at radius 3 is 2.36 bits per heavy atom. The molecule has 0 amide bonds. The van der Waals surface area contributed by atoms with Gasteiger partial charge in [-0.05, 0) is 25.7 Å². The van der Waals surface area contributed by atoms with Crippen LogP contribution < -0.4 is 5.32 Å². The minimum atomic E-state index is -4.13. The predicted octanol–water partition coefficient (Wildman–Crippen LogP) is 2.25. The molecule has 1 N–H and O–H groups in total. The molecular formula is C9H13F3N2. The van der Waals surface area contributed by atoms with E-state index < -0.39 is 11.7 Å². The molecule has 1 fully saturated rings. The fraction of sp³-hybridized carbons (Fsp3) is 0.889. The van der Waals surface area contributed by atoms with Gasteiger partial charge in [-0.15, -0.1) is 0 Å². The third-order valence-corrected chi connectivity index (χ3v) is 2.80. The minimum Gasteiger partial charge on any atom is -0.360 e. The number of nitrogens with zero attached hydrogens (tertiary/aromatic N) is 1. The molecule has 0 bridgehead atoms. The first-order chi connectivity index (χ1) is 6.54. The standard InChI is InChI=1S/C9H13F3N2/c10-9(11,12)8(4-5-8)14-7-3-1-2-6-13-7/h1-6H2,(H,13,14). The Bertz CT molecular complexity index is 253. The minimum absolute atomic E-state index is 0.190. The highest BCUT2D eigenvalue weighted by molar-refractivity contribution is 5.83. The highest BCUT2D eigenvalue weighted by Crippen LogP contribution is 2.49. The van der Waals surface area contributed by atoms with E-state index in [4.69, 9.17) is 0 Å². The number of halogens is 3. The Balaban J connectivity index is 2.00. The van der Waals surface area contributed by atoms with Gasteiger partial charge in [-0.2, -0.15) is 13.2 Å². The van der Waals surface area contributed by atoms with Crippen molar-refractivity contribution in [2.24, 2.45) is 4.99 Å². The van der Waals surface area contributed by atoms with E-state index in [2.05, 4.69) is 10.3 Å². The van der Waals surface area contributed by atoms with Crippen molar-refractivity contribution in [3.63, 3.8) is 0 Å². The van der Waals surface area contributed by atoms with Crippen molar-refractivity contribution in [3.8, 4) is 0 Å². The molecule has 80 valence electrons. The van der Waals surface area contributed by atoms with Crippen LogP contribution in [0.5, 0.6) is 0 Å². The third-order valence-electron chi connectivity index (χ3n) is 2.80. The summed E-state index contributed by atoms with van der Waals surface area (Å²) in [5.74, 6) is 0.547. The van der Waals surface area contributed by atoms with Gasteiger partial charge in [0.15, 0.2) is 0 Å². The summed E-state index contributed by atoms with van der Waals surface area (Å²) in [6.45, 7) is 0.663. The van der Waals surface area contributed by atoms with E-state index in [1.807, 2.05) is 0 Å². The average molecular weight is 206 g/mol. The summed E-state index contributed by atoms with van der Waals surface area (Å²) in [5, 5.41) is 2.57. The number of nitrogens with one attached hydrogen (secondary N) is 1. The molecule has 14 heavy (non-hydrogen) atoms. The molecule has 0 saturated heterocycles. The summed E-state index contributed by atoms with van der Waals surface area (Å²) in [7, 11) is 0. The maximum atomic E-state index is 12.5. The smallest absolute Gasteiger partial charge is 0.360 e. The first-order valence-electron chi connectivity index (χ1n) is 4.92. The number of amidine groups is 1. The van der Waals surface area contributed by atoms with Crippen LogP contribution in [0.1, 0.15) is 32.1 Å². The molecule has 0 unspecified atom stereocenters. The summed E-state index contributed by atoms with van der Waals surface area (Å²) in [5.41, 5.74) is -1.64. The molecule has 1 heterocycles. The Morgan fingerprint density at radius 1 is 1.21 bits per heavy atom. The zero-order valence-corrected chi connectivity index (χ0v) is 7.82. The topological polar surface area (TPSA) is 24.4 Å². The summed E-state index contributed by atoms with van der Waals surface area (Å²) >= 11 is 0. The number of rotatable bonds is 1. The Hall–Kier alpha value is -0.740. The quantitative estimate of drug-likeness (QED) is 0.699. The van der Waals surface area contributed by atoms with E-state index in [1.54, 1.807) is 0 Å². The van der Waals surface area contributed by atoms with Gasteiger partial charge in [0.2, 0.25) is 0 Å². The Kier molecular flexibility index (Phi) is 2.20. The SMILES string of the molecule is FC(F)(F)C1(NC2=NCCCC2)CC1. The zero-order chi connectivity index (χ0) is 10.2. The summed E-state index contributed by atoms with van der Waals surface area (Å²) < 4.78 is 37.6. The highest BCUT2D eigenvalue weighted by Gasteiger charge is 2.63. The summed E-state index contributed by atoms with van der Waals surface area (Å²) in [6, 6.07) is 0. The maximum Gasteiger partial charge on any atom is 0.411 e. The molecule has 2 rings (SSSR count). The molecular weight excluding hydrogens is 193 g/mol. The van der Waals surface area contributed by atoms with Gasteiger partial charge in [0.25, 0.3) is 0 Å². The lowest BCUT2D eigenvalue weighted by molar-refractivity contribution is -0.161. The van der Waals surface area contributed by atoms with E-state index in [1.165, 1.54) is 0 Å². The van der Waals surface area contributed by atoms with Crippen molar-refractivity contribution in [1.29, 1.82) is 0 Å². The molecule has 0 aromatic heterocycles. The fourth-order valence-corrected chi connectivity index (χ4v) is 1.68. The van der Waals surface area contributed by atoms with Crippen LogP contribution in [-0.2, 0) is 0 Å². The predicted molar refractivity (Wildman–Crippen MR) is 47.3 cm³/mol. The van der Waals surface area contributed by atoms with Crippen LogP contribution in [0.2, 0.25) is 0 Å². The number of alkyl halides is 3. The molecule has 5 heteroatoms. The van der Waals surface area contributed by atoms with Gasteiger partial charge < -0.3 is 5.32 Å². The first kappa shape index (κ1) is 9.80. The molecule has 2 nitrogen and oxygen atoms in total. The fourth-order valence-electron chi connectivity index (χ4n) is 1.68. The van der Waals surface area contributed by atoms with Gasteiger partial charge in [0.05, 0.1) is 5.84 Å². The van der Waals surface area contributed by atoms with Crippen molar-refractivity contribution in [2.75, 3.05) is 6.54 Å². The number of hydrogen-bond donors (Lipinski definition) is 1. The lowest BCUT2D eigenvalue weighted by Gasteiger charge is -2.24. The normalized spacial score (nSPS) is 25.5. The van der Waals surface area contributed by atoms with E-state index in [-0.39, 0.29) is 12.8 Å². The van der Waals surface area contributed by atoms with Gasteiger partial charge in [-0.1, -0.05) is 0 Å². The van der Waals surface area contributed by atoms with Crippen molar-refractivity contribution >= 4 is 5.84 Å². The van der Waals surface area contributed by atoms with Crippen molar-refractivity contribution in [2.45, 2.75) is 43.8 Å². The summed E-state index contributed by atoms with van der Waals surface area (Å²) in [6.07, 6.45) is -1.15. The van der Waals surface area contributed by atoms with Gasteiger partial charge in [0.1, 0.15) is 5.54 Å². The maximum absolute atomic E-state index is 12.5. The van der Waals surface area contributed by atoms with E-state index in [0.717, 1.165) is 12.8 Å². The van der Waals surface area contributed by atoms with Crippen LogP contribution in [0.15, 0.2) is 4.99 Å².